The zero-order chi connectivity index (χ0) is 12.3. The number of hydrogen-bond acceptors (Lipinski definition) is 6. The molecule has 90 valence electrons. The summed E-state index contributed by atoms with van der Waals surface area (Å²) in [6.45, 7) is 2.02. The molecule has 0 radical (unpaired) electrons. The predicted octanol–water partition coefficient (Wildman–Crippen LogP) is 1.41. The number of rotatable bonds is 4. The molecule has 1 aromatic heterocycles. The van der Waals surface area contributed by atoms with Gasteiger partial charge in [0, 0.05) is 10.9 Å². The third-order valence-corrected chi connectivity index (χ3v) is 3.06. The molecule has 0 saturated carbocycles. The molecule has 2 aromatic rings. The molecule has 5 nitrogen and oxygen atoms in total. The molecule has 0 fully saturated rings. The minimum absolute atomic E-state index is 0.205. The Kier molecular flexibility index (Phi) is 3.68. The van der Waals surface area contributed by atoms with Gasteiger partial charge in [0.05, 0.1) is 18.8 Å². The van der Waals surface area contributed by atoms with Crippen molar-refractivity contribution < 1.29 is 4.74 Å². The van der Waals surface area contributed by atoms with Gasteiger partial charge in [0.2, 0.25) is 0 Å². The number of hydrogen-bond donors (Lipinski definition) is 2. The molecule has 1 heterocycles. The Balaban J connectivity index is 2.46. The van der Waals surface area contributed by atoms with Crippen LogP contribution in [0.1, 0.15) is 22.9 Å². The van der Waals surface area contributed by atoms with Crippen molar-refractivity contribution in [2.24, 2.45) is 5.84 Å². The summed E-state index contributed by atoms with van der Waals surface area (Å²) < 4.78 is 9.19. The van der Waals surface area contributed by atoms with E-state index in [-0.39, 0.29) is 6.04 Å². The maximum atomic E-state index is 5.60. The number of nitrogens with two attached hydrogens (primary N) is 1. The van der Waals surface area contributed by atoms with E-state index in [1.54, 1.807) is 7.11 Å². The fourth-order valence-electron chi connectivity index (χ4n) is 1.71. The summed E-state index contributed by atoms with van der Waals surface area (Å²) in [6.07, 6.45) is 0. The van der Waals surface area contributed by atoms with Crippen LogP contribution in [0.2, 0.25) is 0 Å². The summed E-state index contributed by atoms with van der Waals surface area (Å²) >= 11 is 1.30. The molecule has 3 N–H and O–H groups in total. The smallest absolute Gasteiger partial charge is 0.124 e. The first-order valence-electron chi connectivity index (χ1n) is 5.14. The molecule has 17 heavy (non-hydrogen) atoms. The van der Waals surface area contributed by atoms with E-state index in [1.165, 1.54) is 11.5 Å². The van der Waals surface area contributed by atoms with Gasteiger partial charge in [-0.1, -0.05) is 22.2 Å². The van der Waals surface area contributed by atoms with Gasteiger partial charge in [0.15, 0.2) is 0 Å². The third kappa shape index (κ3) is 2.44. The summed E-state index contributed by atoms with van der Waals surface area (Å²) in [4.78, 5) is 0. The van der Waals surface area contributed by atoms with Crippen molar-refractivity contribution in [3.8, 4) is 5.75 Å². The predicted molar refractivity (Wildman–Crippen MR) is 66.8 cm³/mol. The van der Waals surface area contributed by atoms with Crippen LogP contribution < -0.4 is 16.0 Å². The molecule has 6 heteroatoms. The number of methoxy groups -OCH3 is 1. The van der Waals surface area contributed by atoms with E-state index in [0.29, 0.717) is 0 Å². The Bertz CT molecular complexity index is 486. The second-order valence-electron chi connectivity index (χ2n) is 3.67. The van der Waals surface area contributed by atoms with Crippen LogP contribution in [0, 0.1) is 6.92 Å². The topological polar surface area (TPSA) is 73.1 Å². The molecule has 2 rings (SSSR count). The van der Waals surface area contributed by atoms with E-state index >= 15 is 0 Å². The lowest BCUT2D eigenvalue weighted by atomic mass is 10.0. The second kappa shape index (κ2) is 5.22. The van der Waals surface area contributed by atoms with E-state index in [2.05, 4.69) is 15.0 Å². The van der Waals surface area contributed by atoms with Crippen LogP contribution in [-0.2, 0) is 0 Å². The van der Waals surface area contributed by atoms with Gasteiger partial charge in [-0.15, -0.1) is 5.10 Å². The number of nitrogens with zero attached hydrogens (tertiary/aromatic N) is 2. The summed E-state index contributed by atoms with van der Waals surface area (Å²) in [5.41, 5.74) is 5.64. The number of hydrazine groups is 1. The quantitative estimate of drug-likeness (QED) is 0.634. The average molecular weight is 250 g/mol. The van der Waals surface area contributed by atoms with E-state index in [9.17, 15) is 0 Å². The van der Waals surface area contributed by atoms with E-state index < -0.39 is 0 Å². The van der Waals surface area contributed by atoms with Crippen LogP contribution in [-0.4, -0.2) is 16.7 Å². The molecule has 1 atom stereocenters. The van der Waals surface area contributed by atoms with Gasteiger partial charge in [-0.3, -0.25) is 5.84 Å². The van der Waals surface area contributed by atoms with Crippen molar-refractivity contribution in [2.75, 3.05) is 7.11 Å². The Hall–Kier alpha value is -1.50. The Morgan fingerprint density at radius 2 is 2.29 bits per heavy atom. The Labute approximate surface area is 104 Å². The molecule has 0 aliphatic heterocycles. The van der Waals surface area contributed by atoms with Gasteiger partial charge in [-0.25, -0.2) is 5.43 Å². The van der Waals surface area contributed by atoms with Crippen LogP contribution in [0.5, 0.6) is 5.75 Å². The van der Waals surface area contributed by atoms with Gasteiger partial charge in [-0.2, -0.15) is 0 Å². The molecule has 1 unspecified atom stereocenters. The van der Waals surface area contributed by atoms with Crippen LogP contribution in [0.4, 0.5) is 0 Å². The molecule has 0 bridgehead atoms. The first-order valence-corrected chi connectivity index (χ1v) is 5.97. The number of aromatic nitrogens is 2. The van der Waals surface area contributed by atoms with Crippen molar-refractivity contribution in [1.82, 2.24) is 15.0 Å². The van der Waals surface area contributed by atoms with Gasteiger partial charge in [0.25, 0.3) is 0 Å². The van der Waals surface area contributed by atoms with Crippen LogP contribution in [0.15, 0.2) is 23.6 Å². The Morgan fingerprint density at radius 1 is 1.47 bits per heavy atom. The van der Waals surface area contributed by atoms with Crippen molar-refractivity contribution in [1.29, 1.82) is 0 Å². The molecular formula is C11H14N4OS. The summed E-state index contributed by atoms with van der Waals surface area (Å²) in [5, 5.41) is 5.91. The van der Waals surface area contributed by atoms with Gasteiger partial charge >= 0.3 is 0 Å². The summed E-state index contributed by atoms with van der Waals surface area (Å²) in [5.74, 6) is 6.38. The molecule has 0 spiro atoms. The highest BCUT2D eigenvalue weighted by Crippen LogP contribution is 2.29. The summed E-state index contributed by atoms with van der Waals surface area (Å²) in [6, 6.07) is 5.75. The van der Waals surface area contributed by atoms with Crippen molar-refractivity contribution in [3.63, 3.8) is 0 Å². The van der Waals surface area contributed by atoms with Crippen molar-refractivity contribution in [3.05, 3.63) is 40.4 Å². The van der Waals surface area contributed by atoms with Gasteiger partial charge in [0.1, 0.15) is 5.75 Å². The number of aryl methyl sites for hydroxylation is 1. The van der Waals surface area contributed by atoms with Gasteiger partial charge < -0.3 is 4.74 Å². The number of ether oxygens (including phenoxy) is 1. The SMILES string of the molecule is COc1ccc(C)cc1C(NN)c1csnn1. The minimum Gasteiger partial charge on any atom is -0.496 e. The first kappa shape index (κ1) is 12.0. The zero-order valence-corrected chi connectivity index (χ0v) is 10.5. The van der Waals surface area contributed by atoms with Gasteiger partial charge in [-0.05, 0) is 24.5 Å². The molecular weight excluding hydrogens is 236 g/mol. The third-order valence-electron chi connectivity index (χ3n) is 2.54. The van der Waals surface area contributed by atoms with Crippen LogP contribution in [0.3, 0.4) is 0 Å². The Morgan fingerprint density at radius 3 is 2.88 bits per heavy atom. The van der Waals surface area contributed by atoms with Crippen molar-refractivity contribution in [2.45, 2.75) is 13.0 Å². The van der Waals surface area contributed by atoms with E-state index in [0.717, 1.165) is 22.6 Å². The molecule has 0 saturated heterocycles. The molecule has 0 aliphatic carbocycles. The number of nitrogens with one attached hydrogen (secondary N) is 1. The summed E-state index contributed by atoms with van der Waals surface area (Å²) in [7, 11) is 1.64. The molecule has 0 aliphatic rings. The fourth-order valence-corrected chi connectivity index (χ4v) is 2.19. The largest absolute Gasteiger partial charge is 0.496 e. The first-order chi connectivity index (χ1) is 8.26. The maximum Gasteiger partial charge on any atom is 0.124 e. The lowest BCUT2D eigenvalue weighted by molar-refractivity contribution is 0.403. The monoisotopic (exact) mass is 250 g/mol. The lowest BCUT2D eigenvalue weighted by Gasteiger charge is -2.17. The molecule has 1 aromatic carbocycles. The van der Waals surface area contributed by atoms with Crippen LogP contribution in [0.25, 0.3) is 0 Å². The average Bonchev–Trinajstić information content (AvgIpc) is 2.84. The van der Waals surface area contributed by atoms with Crippen molar-refractivity contribution >= 4 is 11.5 Å². The lowest BCUT2D eigenvalue weighted by Crippen LogP contribution is -2.29. The highest BCUT2D eigenvalue weighted by Gasteiger charge is 2.19. The fraction of sp³-hybridized carbons (Fsp3) is 0.273. The normalized spacial score (nSPS) is 12.4. The van der Waals surface area contributed by atoms with E-state index in [1.807, 2.05) is 30.5 Å². The van der Waals surface area contributed by atoms with E-state index in [4.69, 9.17) is 10.6 Å². The standard InChI is InChI=1S/C11H14N4OS/c1-7-3-4-10(16-2)8(5-7)11(13-12)9-6-17-15-14-9/h3-6,11,13H,12H2,1-2H3. The highest BCUT2D eigenvalue weighted by molar-refractivity contribution is 7.03. The highest BCUT2D eigenvalue weighted by atomic mass is 32.1. The van der Waals surface area contributed by atoms with Crippen LogP contribution >= 0.6 is 11.5 Å². The molecule has 0 amide bonds. The zero-order valence-electron chi connectivity index (χ0n) is 9.68. The maximum absolute atomic E-state index is 5.60. The number of benzene rings is 1. The second-order valence-corrected chi connectivity index (χ2v) is 4.28. The minimum atomic E-state index is -0.205.